The molecule has 4 nitrogen and oxygen atoms in total. The van der Waals surface area contributed by atoms with Crippen molar-refractivity contribution in [2.75, 3.05) is 0 Å². The molecule has 0 saturated carbocycles. The molecule has 0 unspecified atom stereocenters. The SMILES string of the molecule is C=C(C)/C(C)=N\n1cnc(C)c1C=N. The lowest BCUT2D eigenvalue weighted by molar-refractivity contribution is 0.865. The first-order valence-electron chi connectivity index (χ1n) is 4.32. The molecule has 0 fully saturated rings. The smallest absolute Gasteiger partial charge is 0.118 e. The van der Waals surface area contributed by atoms with Crippen molar-refractivity contribution in [1.82, 2.24) is 9.66 Å². The molecule has 1 aromatic rings. The van der Waals surface area contributed by atoms with Crippen LogP contribution in [-0.4, -0.2) is 21.6 Å². The van der Waals surface area contributed by atoms with Gasteiger partial charge < -0.3 is 5.41 Å². The molecule has 74 valence electrons. The van der Waals surface area contributed by atoms with Gasteiger partial charge in [0.2, 0.25) is 0 Å². The van der Waals surface area contributed by atoms with E-state index in [4.69, 9.17) is 5.41 Å². The Kier molecular flexibility index (Phi) is 2.96. The van der Waals surface area contributed by atoms with Crippen LogP contribution in [-0.2, 0) is 0 Å². The van der Waals surface area contributed by atoms with E-state index in [9.17, 15) is 0 Å². The number of nitrogens with zero attached hydrogens (tertiary/aromatic N) is 3. The van der Waals surface area contributed by atoms with Crippen LogP contribution in [0.1, 0.15) is 25.2 Å². The van der Waals surface area contributed by atoms with Gasteiger partial charge >= 0.3 is 0 Å². The standard InChI is InChI=1S/C10H14N4/c1-7(2)8(3)13-14-6-12-9(4)10(14)5-11/h5-6,11H,1H2,2-4H3/b11-5?,13-8-. The zero-order chi connectivity index (χ0) is 10.7. The highest BCUT2D eigenvalue weighted by Crippen LogP contribution is 2.04. The Morgan fingerprint density at radius 2 is 2.29 bits per heavy atom. The van der Waals surface area contributed by atoms with Crippen molar-refractivity contribution in [3.8, 4) is 0 Å². The Morgan fingerprint density at radius 3 is 2.79 bits per heavy atom. The van der Waals surface area contributed by atoms with E-state index in [0.717, 1.165) is 17.0 Å². The highest BCUT2D eigenvalue weighted by molar-refractivity contribution is 5.97. The second kappa shape index (κ2) is 4.00. The zero-order valence-electron chi connectivity index (χ0n) is 8.70. The Hall–Kier alpha value is -1.71. The molecule has 1 rings (SSSR count). The van der Waals surface area contributed by atoms with E-state index in [-0.39, 0.29) is 0 Å². The van der Waals surface area contributed by atoms with Gasteiger partial charge in [-0.15, -0.1) is 0 Å². The van der Waals surface area contributed by atoms with E-state index in [2.05, 4.69) is 16.7 Å². The molecular formula is C10H14N4. The van der Waals surface area contributed by atoms with Crippen molar-refractivity contribution in [2.24, 2.45) is 5.10 Å². The molecule has 1 aromatic heterocycles. The second-order valence-electron chi connectivity index (χ2n) is 3.17. The molecule has 0 spiro atoms. The first-order chi connectivity index (χ1) is 6.56. The summed E-state index contributed by atoms with van der Waals surface area (Å²) < 4.78 is 1.59. The molecule has 0 aliphatic rings. The van der Waals surface area contributed by atoms with Crippen LogP contribution in [0.2, 0.25) is 0 Å². The number of rotatable bonds is 3. The summed E-state index contributed by atoms with van der Waals surface area (Å²) in [5.74, 6) is 0. The largest absolute Gasteiger partial charge is 0.306 e. The molecule has 0 bridgehead atoms. The van der Waals surface area contributed by atoms with Crippen LogP contribution >= 0.6 is 0 Å². The molecule has 0 amide bonds. The van der Waals surface area contributed by atoms with Gasteiger partial charge in [-0.3, -0.25) is 0 Å². The van der Waals surface area contributed by atoms with Crippen molar-refractivity contribution in [2.45, 2.75) is 20.8 Å². The third kappa shape index (κ3) is 1.96. The summed E-state index contributed by atoms with van der Waals surface area (Å²) >= 11 is 0. The Balaban J connectivity index is 3.14. The van der Waals surface area contributed by atoms with E-state index < -0.39 is 0 Å². The molecule has 4 heteroatoms. The lowest BCUT2D eigenvalue weighted by Crippen LogP contribution is -2.01. The minimum atomic E-state index is 0.700. The summed E-state index contributed by atoms with van der Waals surface area (Å²) in [5.41, 5.74) is 3.25. The van der Waals surface area contributed by atoms with E-state index in [1.807, 2.05) is 20.8 Å². The third-order valence-corrected chi connectivity index (χ3v) is 1.99. The zero-order valence-corrected chi connectivity index (χ0v) is 8.70. The minimum absolute atomic E-state index is 0.700. The van der Waals surface area contributed by atoms with Crippen LogP contribution in [0.25, 0.3) is 0 Å². The van der Waals surface area contributed by atoms with Gasteiger partial charge in [0.15, 0.2) is 0 Å². The van der Waals surface area contributed by atoms with Gasteiger partial charge in [-0.05, 0) is 26.3 Å². The molecule has 0 aliphatic carbocycles. The summed E-state index contributed by atoms with van der Waals surface area (Å²) in [5, 5.41) is 11.5. The first-order valence-corrected chi connectivity index (χ1v) is 4.32. The number of hydrogen-bond donors (Lipinski definition) is 1. The van der Waals surface area contributed by atoms with Crippen LogP contribution < -0.4 is 0 Å². The molecule has 0 aliphatic heterocycles. The molecule has 0 aromatic carbocycles. The van der Waals surface area contributed by atoms with Gasteiger partial charge in [-0.1, -0.05) is 6.58 Å². The Labute approximate surface area is 83.5 Å². The fraction of sp³-hybridized carbons (Fsp3) is 0.300. The van der Waals surface area contributed by atoms with Crippen molar-refractivity contribution in [1.29, 1.82) is 5.41 Å². The van der Waals surface area contributed by atoms with Crippen LogP contribution in [0.5, 0.6) is 0 Å². The quantitative estimate of drug-likeness (QED) is 0.728. The molecule has 1 heterocycles. The first kappa shape index (κ1) is 10.4. The average molecular weight is 190 g/mol. The number of nitrogens with one attached hydrogen (secondary N) is 1. The fourth-order valence-electron chi connectivity index (χ4n) is 0.933. The van der Waals surface area contributed by atoms with Crippen LogP contribution in [0.4, 0.5) is 0 Å². The van der Waals surface area contributed by atoms with Crippen LogP contribution in [0.3, 0.4) is 0 Å². The second-order valence-corrected chi connectivity index (χ2v) is 3.17. The van der Waals surface area contributed by atoms with E-state index >= 15 is 0 Å². The third-order valence-electron chi connectivity index (χ3n) is 1.99. The molecule has 0 saturated heterocycles. The number of allylic oxidation sites excluding steroid dienone is 1. The number of hydrogen-bond acceptors (Lipinski definition) is 3. The average Bonchev–Trinajstić information content (AvgIpc) is 2.46. The number of aromatic nitrogens is 2. The van der Waals surface area contributed by atoms with E-state index in [1.54, 1.807) is 11.0 Å². The summed E-state index contributed by atoms with van der Waals surface area (Å²) in [6, 6.07) is 0. The molecule has 0 radical (unpaired) electrons. The highest BCUT2D eigenvalue weighted by atomic mass is 15.4. The molecule has 14 heavy (non-hydrogen) atoms. The van der Waals surface area contributed by atoms with Crippen molar-refractivity contribution in [3.05, 3.63) is 29.9 Å². The maximum Gasteiger partial charge on any atom is 0.118 e. The Bertz CT molecular complexity index is 398. The monoisotopic (exact) mass is 190 g/mol. The topological polar surface area (TPSA) is 54.0 Å². The van der Waals surface area contributed by atoms with Gasteiger partial charge in [-0.25, -0.2) is 9.66 Å². The Morgan fingerprint density at radius 1 is 1.64 bits per heavy atom. The number of aryl methyl sites for hydroxylation is 1. The van der Waals surface area contributed by atoms with E-state index in [1.165, 1.54) is 6.21 Å². The fourth-order valence-corrected chi connectivity index (χ4v) is 0.933. The van der Waals surface area contributed by atoms with Crippen molar-refractivity contribution < 1.29 is 0 Å². The van der Waals surface area contributed by atoms with Crippen LogP contribution in [0.15, 0.2) is 23.6 Å². The maximum absolute atomic E-state index is 7.22. The summed E-state index contributed by atoms with van der Waals surface area (Å²) in [4.78, 5) is 4.07. The minimum Gasteiger partial charge on any atom is -0.306 e. The highest BCUT2D eigenvalue weighted by Gasteiger charge is 2.03. The molecule has 1 N–H and O–H groups in total. The summed E-state index contributed by atoms with van der Waals surface area (Å²) in [6.07, 6.45) is 2.85. The summed E-state index contributed by atoms with van der Waals surface area (Å²) in [6.45, 7) is 9.42. The molecular weight excluding hydrogens is 176 g/mol. The van der Waals surface area contributed by atoms with Gasteiger partial charge in [0.25, 0.3) is 0 Å². The van der Waals surface area contributed by atoms with Gasteiger partial charge in [0.1, 0.15) is 12.0 Å². The number of imidazole rings is 1. The van der Waals surface area contributed by atoms with Crippen molar-refractivity contribution in [3.63, 3.8) is 0 Å². The van der Waals surface area contributed by atoms with Crippen molar-refractivity contribution >= 4 is 11.9 Å². The van der Waals surface area contributed by atoms with E-state index in [0.29, 0.717) is 5.69 Å². The lowest BCUT2D eigenvalue weighted by atomic mass is 10.2. The normalized spacial score (nSPS) is 11.5. The van der Waals surface area contributed by atoms with Gasteiger partial charge in [0, 0.05) is 6.21 Å². The van der Waals surface area contributed by atoms with Gasteiger partial charge in [0.05, 0.1) is 11.4 Å². The van der Waals surface area contributed by atoms with Gasteiger partial charge in [-0.2, -0.15) is 5.10 Å². The predicted molar refractivity (Wildman–Crippen MR) is 58.2 cm³/mol. The maximum atomic E-state index is 7.22. The molecule has 0 atom stereocenters. The summed E-state index contributed by atoms with van der Waals surface area (Å²) in [7, 11) is 0. The lowest BCUT2D eigenvalue weighted by Gasteiger charge is -2.00. The predicted octanol–water partition coefficient (Wildman–Crippen LogP) is 1.99. The van der Waals surface area contributed by atoms with Crippen LogP contribution in [0, 0.1) is 12.3 Å².